The van der Waals surface area contributed by atoms with E-state index in [0.717, 1.165) is 27.8 Å². The second-order valence-electron chi connectivity index (χ2n) is 9.75. The molecule has 3 aromatic rings. The monoisotopic (exact) mass is 523 g/mol. The lowest BCUT2D eigenvalue weighted by Crippen LogP contribution is -2.48. The third-order valence-electron chi connectivity index (χ3n) is 6.82. The van der Waals surface area contributed by atoms with Gasteiger partial charge < -0.3 is 16.4 Å². The molecule has 0 saturated carbocycles. The number of allylic oxidation sites excluding steroid dienone is 1. The van der Waals surface area contributed by atoms with Gasteiger partial charge in [-0.1, -0.05) is 90.5 Å². The number of primary amides is 1. The van der Waals surface area contributed by atoms with Crippen LogP contribution in [0.2, 0.25) is 0 Å². The van der Waals surface area contributed by atoms with Crippen LogP contribution in [0.25, 0.3) is 22.3 Å². The minimum atomic E-state index is -0.836. The minimum Gasteiger partial charge on any atom is -0.368 e. The van der Waals surface area contributed by atoms with Crippen LogP contribution in [0.15, 0.2) is 90.5 Å². The van der Waals surface area contributed by atoms with Crippen LogP contribution in [0.4, 0.5) is 0 Å². The number of amides is 3. The predicted molar refractivity (Wildman–Crippen MR) is 151 cm³/mol. The van der Waals surface area contributed by atoms with Gasteiger partial charge in [0.25, 0.3) is 0 Å². The predicted octanol–water partition coefficient (Wildman–Crippen LogP) is 4.11. The van der Waals surface area contributed by atoms with Crippen LogP contribution in [-0.2, 0) is 25.6 Å². The zero-order valence-corrected chi connectivity index (χ0v) is 21.8. The lowest BCUT2D eigenvalue weighted by Gasteiger charge is -2.21. The number of benzene rings is 3. The van der Waals surface area contributed by atoms with Crippen molar-refractivity contribution >= 4 is 23.5 Å². The summed E-state index contributed by atoms with van der Waals surface area (Å²) in [6.07, 6.45) is 4.18. The Bertz CT molecular complexity index is 1350. The number of nitrogens with two attached hydrogens (primary N) is 1. The smallest absolute Gasteiger partial charge is 0.243 e. The lowest BCUT2D eigenvalue weighted by atomic mass is 9.93. The average Bonchev–Trinajstić information content (AvgIpc) is 2.96. The molecule has 7 heteroatoms. The number of aryl methyl sites for hydroxylation is 1. The van der Waals surface area contributed by atoms with Gasteiger partial charge in [0.2, 0.25) is 17.7 Å². The molecule has 0 radical (unpaired) electrons. The van der Waals surface area contributed by atoms with Crippen molar-refractivity contribution in [3.63, 3.8) is 0 Å². The second-order valence-corrected chi connectivity index (χ2v) is 9.75. The van der Waals surface area contributed by atoms with Gasteiger partial charge in [-0.25, -0.2) is 0 Å². The third kappa shape index (κ3) is 8.23. The summed E-state index contributed by atoms with van der Waals surface area (Å²) in [5.74, 6) is -1.23. The van der Waals surface area contributed by atoms with Gasteiger partial charge in [-0.3, -0.25) is 19.2 Å². The van der Waals surface area contributed by atoms with Crippen LogP contribution in [0.3, 0.4) is 0 Å². The number of nitrogens with one attached hydrogen (secondary N) is 2. The van der Waals surface area contributed by atoms with Crippen molar-refractivity contribution in [1.29, 1.82) is 0 Å². The Morgan fingerprint density at radius 2 is 1.38 bits per heavy atom. The maximum absolute atomic E-state index is 12.7. The van der Waals surface area contributed by atoms with Gasteiger partial charge in [-0.15, -0.1) is 0 Å². The molecule has 39 heavy (non-hydrogen) atoms. The van der Waals surface area contributed by atoms with Gasteiger partial charge in [0.15, 0.2) is 0 Å². The molecular weight excluding hydrogens is 490 g/mol. The van der Waals surface area contributed by atoms with Crippen molar-refractivity contribution < 1.29 is 19.2 Å². The molecule has 4 rings (SSSR count). The van der Waals surface area contributed by atoms with Crippen molar-refractivity contribution in [3.8, 4) is 22.3 Å². The molecule has 1 unspecified atom stereocenters. The molecule has 1 aliphatic rings. The first kappa shape index (κ1) is 27.5. The molecule has 200 valence electrons. The summed E-state index contributed by atoms with van der Waals surface area (Å²) < 4.78 is 0. The molecule has 3 amide bonds. The Kier molecular flexibility index (Phi) is 9.40. The van der Waals surface area contributed by atoms with Gasteiger partial charge in [-0.2, -0.15) is 0 Å². The number of hydrogen-bond donors (Lipinski definition) is 3. The van der Waals surface area contributed by atoms with Gasteiger partial charge in [0.05, 0.1) is 6.54 Å². The quantitative estimate of drug-likeness (QED) is 0.328. The first-order chi connectivity index (χ1) is 18.9. The SMILES string of the molecule is NC(=O)CNC(=O)C(CC1=CCC(=O)CC1)NC(=O)CCc1ccc(-c2ccc(-c3ccccc3)cc2)cc1. The van der Waals surface area contributed by atoms with Gasteiger partial charge >= 0.3 is 0 Å². The number of hydrogen-bond acceptors (Lipinski definition) is 4. The van der Waals surface area contributed by atoms with E-state index in [-0.39, 0.29) is 24.7 Å². The average molecular weight is 524 g/mol. The first-order valence-corrected chi connectivity index (χ1v) is 13.2. The highest BCUT2D eigenvalue weighted by molar-refractivity contribution is 5.90. The molecule has 0 aromatic heterocycles. The molecule has 0 heterocycles. The first-order valence-electron chi connectivity index (χ1n) is 13.2. The standard InChI is InChI=1S/C32H33N3O4/c33-30(37)21-34-32(39)29(20-23-8-17-28(36)18-9-23)35-31(38)19-10-22-6-11-25(12-7-22)27-15-13-26(14-16-27)24-4-2-1-3-5-24/h1-8,11-16,29H,9-10,17-21H2,(H2,33,37)(H,34,39)(H,35,38). The van der Waals surface area contributed by atoms with E-state index in [1.807, 2.05) is 48.5 Å². The van der Waals surface area contributed by atoms with E-state index in [4.69, 9.17) is 5.73 Å². The summed E-state index contributed by atoms with van der Waals surface area (Å²) in [5.41, 5.74) is 11.6. The number of carbonyl (C=O) groups is 4. The van der Waals surface area contributed by atoms with E-state index in [1.165, 1.54) is 5.56 Å². The largest absolute Gasteiger partial charge is 0.368 e. The van der Waals surface area contributed by atoms with Crippen LogP contribution in [-0.4, -0.2) is 36.1 Å². The van der Waals surface area contributed by atoms with Crippen molar-refractivity contribution in [3.05, 3.63) is 96.1 Å². The Labute approximate surface area is 228 Å². The van der Waals surface area contributed by atoms with Crippen LogP contribution in [0.1, 0.15) is 37.7 Å². The highest BCUT2D eigenvalue weighted by Gasteiger charge is 2.23. The zero-order chi connectivity index (χ0) is 27.6. The van der Waals surface area contributed by atoms with Crippen LogP contribution >= 0.6 is 0 Å². The summed E-state index contributed by atoms with van der Waals surface area (Å²) in [7, 11) is 0. The number of Topliss-reactive ketones (excluding diaryl/α,β-unsaturated/α-hetero) is 1. The van der Waals surface area contributed by atoms with E-state index >= 15 is 0 Å². The Balaban J connectivity index is 1.33. The number of ketones is 1. The van der Waals surface area contributed by atoms with Crippen molar-refractivity contribution in [2.45, 2.75) is 44.6 Å². The van der Waals surface area contributed by atoms with E-state index < -0.39 is 17.9 Å². The molecule has 1 aliphatic carbocycles. The zero-order valence-electron chi connectivity index (χ0n) is 21.8. The van der Waals surface area contributed by atoms with Crippen molar-refractivity contribution in [1.82, 2.24) is 10.6 Å². The molecule has 0 fully saturated rings. The Morgan fingerprint density at radius 3 is 1.95 bits per heavy atom. The summed E-state index contributed by atoms with van der Waals surface area (Å²) in [4.78, 5) is 48.0. The van der Waals surface area contributed by atoms with E-state index in [2.05, 4.69) is 47.0 Å². The molecule has 7 nitrogen and oxygen atoms in total. The summed E-state index contributed by atoms with van der Waals surface area (Å²) in [6, 6.07) is 25.9. The number of rotatable bonds is 11. The van der Waals surface area contributed by atoms with Gasteiger partial charge in [-0.05, 0) is 47.1 Å². The fourth-order valence-corrected chi connectivity index (χ4v) is 4.59. The molecule has 1 atom stereocenters. The highest BCUT2D eigenvalue weighted by atomic mass is 16.2. The van der Waals surface area contributed by atoms with Crippen LogP contribution < -0.4 is 16.4 Å². The van der Waals surface area contributed by atoms with E-state index in [0.29, 0.717) is 32.1 Å². The molecule has 0 aliphatic heterocycles. The number of carbonyl (C=O) groups excluding carboxylic acids is 4. The lowest BCUT2D eigenvalue weighted by molar-refractivity contribution is -0.130. The Morgan fingerprint density at radius 1 is 0.795 bits per heavy atom. The van der Waals surface area contributed by atoms with Gasteiger partial charge in [0, 0.05) is 19.3 Å². The van der Waals surface area contributed by atoms with Crippen molar-refractivity contribution in [2.75, 3.05) is 6.54 Å². The van der Waals surface area contributed by atoms with E-state index in [9.17, 15) is 19.2 Å². The molecule has 0 spiro atoms. The maximum Gasteiger partial charge on any atom is 0.243 e. The molecule has 4 N–H and O–H groups in total. The molecule has 0 saturated heterocycles. The minimum absolute atomic E-state index is 0.160. The fourth-order valence-electron chi connectivity index (χ4n) is 4.59. The summed E-state index contributed by atoms with van der Waals surface area (Å²) in [6.45, 7) is -0.302. The molecule has 3 aromatic carbocycles. The van der Waals surface area contributed by atoms with Crippen LogP contribution in [0.5, 0.6) is 0 Å². The topological polar surface area (TPSA) is 118 Å². The third-order valence-corrected chi connectivity index (χ3v) is 6.82. The normalized spacial score (nSPS) is 13.7. The fraction of sp³-hybridized carbons (Fsp3) is 0.250. The van der Waals surface area contributed by atoms with E-state index in [1.54, 1.807) is 0 Å². The highest BCUT2D eigenvalue weighted by Crippen LogP contribution is 2.25. The summed E-state index contributed by atoms with van der Waals surface area (Å²) >= 11 is 0. The summed E-state index contributed by atoms with van der Waals surface area (Å²) in [5, 5.41) is 5.27. The van der Waals surface area contributed by atoms with Gasteiger partial charge in [0.1, 0.15) is 11.8 Å². The Hall–Kier alpha value is -4.52. The molecule has 0 bridgehead atoms. The second kappa shape index (κ2) is 13.3. The van der Waals surface area contributed by atoms with Crippen molar-refractivity contribution in [2.24, 2.45) is 5.73 Å². The van der Waals surface area contributed by atoms with Crippen LogP contribution in [0, 0.1) is 0 Å². The molecular formula is C32H33N3O4. The maximum atomic E-state index is 12.7.